The lowest BCUT2D eigenvalue weighted by atomic mass is 10.1. The third kappa shape index (κ3) is 2.65. The number of pyridine rings is 2. The average Bonchev–Trinajstić information content (AvgIpc) is 2.55. The summed E-state index contributed by atoms with van der Waals surface area (Å²) in [6.07, 6.45) is 5.46. The molecule has 4 nitrogen and oxygen atoms in total. The van der Waals surface area contributed by atoms with Gasteiger partial charge in [0.25, 0.3) is 0 Å². The van der Waals surface area contributed by atoms with Crippen LogP contribution in [0.4, 0.5) is 11.4 Å². The molecule has 0 saturated carbocycles. The molecule has 0 fully saturated rings. The Kier molecular flexibility index (Phi) is 3.69. The molecule has 0 unspecified atom stereocenters. The third-order valence-corrected chi connectivity index (χ3v) is 3.63. The van der Waals surface area contributed by atoms with E-state index in [4.69, 9.17) is 5.73 Å². The quantitative estimate of drug-likeness (QED) is 0.744. The van der Waals surface area contributed by atoms with Gasteiger partial charge >= 0.3 is 0 Å². The Labute approximate surface area is 124 Å². The van der Waals surface area contributed by atoms with E-state index in [-0.39, 0.29) is 0 Å². The van der Waals surface area contributed by atoms with Gasteiger partial charge in [-0.15, -0.1) is 0 Å². The van der Waals surface area contributed by atoms with E-state index in [9.17, 15) is 0 Å². The molecule has 2 N–H and O–H groups in total. The van der Waals surface area contributed by atoms with Crippen molar-refractivity contribution in [3.05, 3.63) is 60.7 Å². The number of aromatic nitrogens is 2. The fourth-order valence-corrected chi connectivity index (χ4v) is 2.53. The van der Waals surface area contributed by atoms with Crippen LogP contribution in [0.15, 0.2) is 55.0 Å². The highest BCUT2D eigenvalue weighted by atomic mass is 15.1. The van der Waals surface area contributed by atoms with Crippen molar-refractivity contribution in [3.63, 3.8) is 0 Å². The number of anilines is 2. The van der Waals surface area contributed by atoms with Gasteiger partial charge in [-0.25, -0.2) is 0 Å². The molecule has 106 valence electrons. The predicted molar refractivity (Wildman–Crippen MR) is 87.1 cm³/mol. The molecule has 0 aliphatic rings. The maximum absolute atomic E-state index is 6.05. The lowest BCUT2D eigenvalue weighted by molar-refractivity contribution is 0.813. The number of hydrogen-bond donors (Lipinski definition) is 1. The van der Waals surface area contributed by atoms with E-state index >= 15 is 0 Å². The number of nitrogen functional groups attached to an aromatic ring is 1. The van der Waals surface area contributed by atoms with Gasteiger partial charge in [0.05, 0.1) is 12.2 Å². The number of hydrogen-bond acceptors (Lipinski definition) is 4. The fourth-order valence-electron chi connectivity index (χ4n) is 2.53. The molecular weight excluding hydrogens is 260 g/mol. The van der Waals surface area contributed by atoms with Crippen LogP contribution in [-0.2, 0) is 6.54 Å². The van der Waals surface area contributed by atoms with Gasteiger partial charge in [-0.05, 0) is 37.3 Å². The summed E-state index contributed by atoms with van der Waals surface area (Å²) in [4.78, 5) is 10.9. The molecular formula is C17H18N4. The van der Waals surface area contributed by atoms with Crippen molar-refractivity contribution in [2.45, 2.75) is 13.5 Å². The van der Waals surface area contributed by atoms with Crippen LogP contribution in [0.25, 0.3) is 10.8 Å². The van der Waals surface area contributed by atoms with E-state index in [1.165, 1.54) is 0 Å². The Morgan fingerprint density at radius 2 is 1.95 bits per heavy atom. The van der Waals surface area contributed by atoms with Crippen molar-refractivity contribution in [1.82, 2.24) is 9.97 Å². The van der Waals surface area contributed by atoms with Crippen molar-refractivity contribution in [1.29, 1.82) is 0 Å². The Morgan fingerprint density at radius 3 is 2.71 bits per heavy atom. The van der Waals surface area contributed by atoms with Gasteiger partial charge in [0, 0.05) is 47.3 Å². The monoisotopic (exact) mass is 278 g/mol. The molecule has 3 rings (SSSR count). The maximum atomic E-state index is 6.05. The van der Waals surface area contributed by atoms with Gasteiger partial charge < -0.3 is 10.6 Å². The second-order valence-electron chi connectivity index (χ2n) is 4.93. The second kappa shape index (κ2) is 5.79. The molecule has 1 aromatic carbocycles. The largest absolute Gasteiger partial charge is 0.398 e. The van der Waals surface area contributed by atoms with Gasteiger partial charge in [0.1, 0.15) is 0 Å². The van der Waals surface area contributed by atoms with Gasteiger partial charge in [0.2, 0.25) is 0 Å². The van der Waals surface area contributed by atoms with Crippen LogP contribution in [0.2, 0.25) is 0 Å². The Morgan fingerprint density at radius 1 is 1.05 bits per heavy atom. The highest BCUT2D eigenvalue weighted by Crippen LogP contribution is 2.30. The molecule has 0 aliphatic heterocycles. The van der Waals surface area contributed by atoms with Gasteiger partial charge in [-0.1, -0.05) is 6.07 Å². The minimum absolute atomic E-state index is 0.760. The number of nitrogens with two attached hydrogens (primary N) is 1. The third-order valence-electron chi connectivity index (χ3n) is 3.63. The summed E-state index contributed by atoms with van der Waals surface area (Å²) in [5.41, 5.74) is 9.02. The highest BCUT2D eigenvalue weighted by Gasteiger charge is 2.11. The van der Waals surface area contributed by atoms with E-state index in [1.807, 2.05) is 42.7 Å². The summed E-state index contributed by atoms with van der Waals surface area (Å²) in [7, 11) is 0. The topological polar surface area (TPSA) is 55.0 Å². The number of rotatable bonds is 4. The summed E-state index contributed by atoms with van der Waals surface area (Å²) in [6.45, 7) is 3.82. The molecule has 0 amide bonds. The van der Waals surface area contributed by atoms with Crippen molar-refractivity contribution >= 4 is 22.1 Å². The first-order chi connectivity index (χ1) is 10.3. The van der Waals surface area contributed by atoms with Crippen LogP contribution < -0.4 is 10.6 Å². The summed E-state index contributed by atoms with van der Waals surface area (Å²) in [5, 5.41) is 2.12. The zero-order chi connectivity index (χ0) is 14.7. The van der Waals surface area contributed by atoms with Crippen LogP contribution in [0, 0.1) is 0 Å². The lowest BCUT2D eigenvalue weighted by Crippen LogP contribution is -2.22. The molecule has 0 bridgehead atoms. The molecule has 3 aromatic rings. The van der Waals surface area contributed by atoms with E-state index in [0.29, 0.717) is 0 Å². The summed E-state index contributed by atoms with van der Waals surface area (Å²) in [5.74, 6) is 0. The predicted octanol–water partition coefficient (Wildman–Crippen LogP) is 3.24. The molecule has 0 radical (unpaired) electrons. The molecule has 21 heavy (non-hydrogen) atoms. The molecule has 0 aliphatic carbocycles. The van der Waals surface area contributed by atoms with Crippen LogP contribution in [0.3, 0.4) is 0 Å². The smallest absolute Gasteiger partial charge is 0.0602 e. The van der Waals surface area contributed by atoms with Crippen molar-refractivity contribution in [2.75, 3.05) is 17.2 Å². The fraction of sp³-hybridized carbons (Fsp3) is 0.176. The molecule has 2 aromatic heterocycles. The standard InChI is InChI=1S/C17H18N4/c1-2-21(12-13-5-3-4-9-20-13)17-7-6-16(18)15-11-19-10-8-14(15)17/h3-11H,2,12,18H2,1H3. The van der Waals surface area contributed by atoms with Gasteiger partial charge in [0.15, 0.2) is 0 Å². The molecule has 0 atom stereocenters. The van der Waals surface area contributed by atoms with E-state index in [1.54, 1.807) is 6.20 Å². The Bertz CT molecular complexity index is 740. The van der Waals surface area contributed by atoms with Crippen LogP contribution in [-0.4, -0.2) is 16.5 Å². The van der Waals surface area contributed by atoms with E-state index in [0.717, 1.165) is 40.9 Å². The SMILES string of the molecule is CCN(Cc1ccccn1)c1ccc(N)c2cnccc12. The van der Waals surface area contributed by atoms with Crippen LogP contribution in [0.5, 0.6) is 0 Å². The normalized spacial score (nSPS) is 10.7. The molecule has 4 heteroatoms. The first-order valence-corrected chi connectivity index (χ1v) is 7.06. The van der Waals surface area contributed by atoms with Crippen molar-refractivity contribution < 1.29 is 0 Å². The van der Waals surface area contributed by atoms with E-state index < -0.39 is 0 Å². The first-order valence-electron chi connectivity index (χ1n) is 7.06. The highest BCUT2D eigenvalue weighted by molar-refractivity contribution is 6.00. The molecule has 0 spiro atoms. The molecule has 2 heterocycles. The summed E-state index contributed by atoms with van der Waals surface area (Å²) in [6, 6.07) is 12.0. The van der Waals surface area contributed by atoms with Crippen molar-refractivity contribution in [3.8, 4) is 0 Å². The summed E-state index contributed by atoms with van der Waals surface area (Å²) >= 11 is 0. The summed E-state index contributed by atoms with van der Waals surface area (Å²) < 4.78 is 0. The lowest BCUT2D eigenvalue weighted by Gasteiger charge is -2.24. The average molecular weight is 278 g/mol. The number of fused-ring (bicyclic) bond motifs is 1. The Hall–Kier alpha value is -2.62. The first kappa shape index (κ1) is 13.4. The van der Waals surface area contributed by atoms with Crippen LogP contribution in [0.1, 0.15) is 12.6 Å². The minimum Gasteiger partial charge on any atom is -0.398 e. The van der Waals surface area contributed by atoms with Gasteiger partial charge in [-0.3, -0.25) is 9.97 Å². The maximum Gasteiger partial charge on any atom is 0.0602 e. The van der Waals surface area contributed by atoms with Gasteiger partial charge in [-0.2, -0.15) is 0 Å². The number of benzene rings is 1. The molecule has 0 saturated heterocycles. The van der Waals surface area contributed by atoms with E-state index in [2.05, 4.69) is 27.9 Å². The van der Waals surface area contributed by atoms with Crippen molar-refractivity contribution in [2.24, 2.45) is 0 Å². The zero-order valence-electron chi connectivity index (χ0n) is 12.0. The van der Waals surface area contributed by atoms with Crippen LogP contribution >= 0.6 is 0 Å². The second-order valence-corrected chi connectivity index (χ2v) is 4.93. The zero-order valence-corrected chi connectivity index (χ0v) is 12.0. The minimum atomic E-state index is 0.760. The number of nitrogens with zero attached hydrogens (tertiary/aromatic N) is 3. The Balaban J connectivity index is 2.03.